The molecule has 1 aliphatic rings. The van der Waals surface area contributed by atoms with Gasteiger partial charge in [-0.15, -0.1) is 0 Å². The second kappa shape index (κ2) is 10.3. The van der Waals surface area contributed by atoms with Crippen molar-refractivity contribution in [3.63, 3.8) is 0 Å². The van der Waals surface area contributed by atoms with Crippen molar-refractivity contribution in [1.82, 2.24) is 5.32 Å². The van der Waals surface area contributed by atoms with Crippen molar-refractivity contribution < 1.29 is 17.9 Å². The Morgan fingerprint density at radius 1 is 1.00 bits per heavy atom. The predicted octanol–water partition coefficient (Wildman–Crippen LogP) is 5.73. The van der Waals surface area contributed by atoms with Crippen LogP contribution in [0.1, 0.15) is 44.7 Å². The van der Waals surface area contributed by atoms with Gasteiger partial charge in [0.2, 0.25) is 5.91 Å². The van der Waals surface area contributed by atoms with E-state index in [0.717, 1.165) is 28.5 Å². The molecule has 35 heavy (non-hydrogen) atoms. The van der Waals surface area contributed by atoms with E-state index in [4.69, 9.17) is 16.3 Å². The van der Waals surface area contributed by atoms with E-state index in [1.807, 2.05) is 24.3 Å². The zero-order valence-electron chi connectivity index (χ0n) is 19.8. The number of carbonyl (C=O) groups excluding carboxylic acids is 1. The van der Waals surface area contributed by atoms with E-state index in [-0.39, 0.29) is 17.5 Å². The molecule has 1 aliphatic heterocycles. The second-order valence-corrected chi connectivity index (χ2v) is 11.0. The molecule has 0 aliphatic carbocycles. The first-order valence-corrected chi connectivity index (χ1v) is 13.5. The van der Waals surface area contributed by atoms with Gasteiger partial charge in [-0.2, -0.15) is 0 Å². The van der Waals surface area contributed by atoms with Crippen LogP contribution in [0.5, 0.6) is 5.75 Å². The highest BCUT2D eigenvalue weighted by Crippen LogP contribution is 2.42. The van der Waals surface area contributed by atoms with Crippen LogP contribution in [0.3, 0.4) is 0 Å². The summed E-state index contributed by atoms with van der Waals surface area (Å²) in [6.45, 7) is 3.78. The molecule has 3 aromatic rings. The number of amides is 1. The zero-order chi connectivity index (χ0) is 25.1. The summed E-state index contributed by atoms with van der Waals surface area (Å²) >= 11 is 6.03. The van der Waals surface area contributed by atoms with Gasteiger partial charge in [0.1, 0.15) is 17.9 Å². The van der Waals surface area contributed by atoms with Gasteiger partial charge in [0.25, 0.3) is 10.0 Å². The SMILES string of the molecule is CCC1(CC)C[C@@H](NC(=O)CN(c2ccc(Cl)cc2)S(=O)(=O)c2ccccc2)c2ccccc2O1. The third-order valence-electron chi connectivity index (χ3n) is 6.55. The van der Waals surface area contributed by atoms with E-state index < -0.39 is 21.5 Å². The molecule has 0 radical (unpaired) electrons. The molecule has 0 bridgehead atoms. The van der Waals surface area contributed by atoms with Gasteiger partial charge in [-0.3, -0.25) is 9.10 Å². The maximum atomic E-state index is 13.5. The van der Waals surface area contributed by atoms with Gasteiger partial charge in [0.05, 0.1) is 16.6 Å². The Kier molecular flexibility index (Phi) is 7.38. The Morgan fingerprint density at radius 2 is 1.63 bits per heavy atom. The monoisotopic (exact) mass is 512 g/mol. The molecule has 0 saturated heterocycles. The molecule has 1 N–H and O–H groups in total. The maximum Gasteiger partial charge on any atom is 0.264 e. The fourth-order valence-corrected chi connectivity index (χ4v) is 6.01. The van der Waals surface area contributed by atoms with Gasteiger partial charge >= 0.3 is 0 Å². The lowest BCUT2D eigenvalue weighted by Gasteiger charge is -2.41. The van der Waals surface area contributed by atoms with Gasteiger partial charge in [0, 0.05) is 17.0 Å². The first kappa shape index (κ1) is 25.1. The highest BCUT2D eigenvalue weighted by atomic mass is 35.5. The average molecular weight is 513 g/mol. The molecule has 184 valence electrons. The summed E-state index contributed by atoms with van der Waals surface area (Å²) in [4.78, 5) is 13.5. The number of sulfonamides is 1. The van der Waals surface area contributed by atoms with Crippen molar-refractivity contribution in [1.29, 1.82) is 0 Å². The molecule has 0 aromatic heterocycles. The van der Waals surface area contributed by atoms with Crippen LogP contribution in [0.2, 0.25) is 5.02 Å². The molecule has 0 saturated carbocycles. The summed E-state index contributed by atoms with van der Waals surface area (Å²) in [7, 11) is -3.99. The number of nitrogens with one attached hydrogen (secondary N) is 1. The van der Waals surface area contributed by atoms with Crippen LogP contribution in [-0.2, 0) is 14.8 Å². The van der Waals surface area contributed by atoms with Crippen LogP contribution in [0.4, 0.5) is 5.69 Å². The fraction of sp³-hybridized carbons (Fsp3) is 0.296. The number of anilines is 1. The number of fused-ring (bicyclic) bond motifs is 1. The number of nitrogens with zero attached hydrogens (tertiary/aromatic N) is 1. The maximum absolute atomic E-state index is 13.5. The third-order valence-corrected chi connectivity index (χ3v) is 8.59. The normalized spacial score (nSPS) is 16.6. The van der Waals surface area contributed by atoms with E-state index in [9.17, 15) is 13.2 Å². The van der Waals surface area contributed by atoms with Crippen LogP contribution < -0.4 is 14.4 Å². The molecule has 0 spiro atoms. The Morgan fingerprint density at radius 3 is 2.29 bits per heavy atom. The minimum atomic E-state index is -3.99. The number of halogens is 1. The van der Waals surface area contributed by atoms with Crippen LogP contribution in [-0.4, -0.2) is 26.5 Å². The Bertz CT molecular complexity index is 1280. The van der Waals surface area contributed by atoms with Crippen LogP contribution in [0, 0.1) is 0 Å². The second-order valence-electron chi connectivity index (χ2n) is 8.66. The van der Waals surface area contributed by atoms with Crippen molar-refractivity contribution in [3.05, 3.63) is 89.4 Å². The summed E-state index contributed by atoms with van der Waals surface area (Å²) in [6.07, 6.45) is 2.20. The molecular formula is C27H29ClN2O4S. The fourth-order valence-electron chi connectivity index (χ4n) is 4.44. The van der Waals surface area contributed by atoms with Gasteiger partial charge in [-0.25, -0.2) is 8.42 Å². The molecule has 8 heteroatoms. The zero-order valence-corrected chi connectivity index (χ0v) is 21.4. The standard InChI is InChI=1S/C27H29ClN2O4S/c1-3-27(4-2)18-24(23-12-8-9-13-25(23)34-27)29-26(31)19-30(21-16-14-20(28)15-17-21)35(32,33)22-10-6-5-7-11-22/h5-17,24H,3-4,18-19H2,1-2H3,(H,29,31)/t24-/m1/s1. The number of carbonyl (C=O) groups is 1. The molecular weight excluding hydrogens is 484 g/mol. The van der Waals surface area contributed by atoms with Crippen LogP contribution in [0.25, 0.3) is 0 Å². The van der Waals surface area contributed by atoms with E-state index in [1.165, 1.54) is 12.1 Å². The molecule has 6 nitrogen and oxygen atoms in total. The lowest BCUT2D eigenvalue weighted by Crippen LogP contribution is -2.47. The minimum absolute atomic E-state index is 0.107. The summed E-state index contributed by atoms with van der Waals surface area (Å²) in [6, 6.07) is 21.9. The van der Waals surface area contributed by atoms with Crippen molar-refractivity contribution in [2.24, 2.45) is 0 Å². The Hall–Kier alpha value is -3.03. The van der Waals surface area contributed by atoms with Gasteiger partial charge in [0.15, 0.2) is 0 Å². The lowest BCUT2D eigenvalue weighted by atomic mass is 9.83. The molecule has 0 fully saturated rings. The average Bonchev–Trinajstić information content (AvgIpc) is 2.88. The van der Waals surface area contributed by atoms with Gasteiger partial charge in [-0.1, -0.05) is 61.8 Å². The van der Waals surface area contributed by atoms with E-state index in [2.05, 4.69) is 19.2 Å². The van der Waals surface area contributed by atoms with Crippen molar-refractivity contribution in [3.8, 4) is 5.75 Å². The lowest BCUT2D eigenvalue weighted by molar-refractivity contribution is -0.121. The molecule has 1 atom stereocenters. The molecule has 1 amide bonds. The van der Waals surface area contributed by atoms with E-state index in [1.54, 1.807) is 42.5 Å². The van der Waals surface area contributed by atoms with Crippen LogP contribution >= 0.6 is 11.6 Å². The smallest absolute Gasteiger partial charge is 0.264 e. The Balaban J connectivity index is 1.64. The predicted molar refractivity (Wildman–Crippen MR) is 138 cm³/mol. The van der Waals surface area contributed by atoms with Gasteiger partial charge in [-0.05, 0) is 55.3 Å². The van der Waals surface area contributed by atoms with E-state index >= 15 is 0 Å². The van der Waals surface area contributed by atoms with Gasteiger partial charge < -0.3 is 10.1 Å². The quantitative estimate of drug-likeness (QED) is 0.418. The molecule has 0 unspecified atom stereocenters. The number of rotatable bonds is 8. The largest absolute Gasteiger partial charge is 0.487 e. The topological polar surface area (TPSA) is 75.7 Å². The van der Waals surface area contributed by atoms with Crippen molar-refractivity contribution >= 4 is 33.2 Å². The molecule has 1 heterocycles. The summed E-state index contributed by atoms with van der Waals surface area (Å²) < 4.78 is 34.5. The number of benzene rings is 3. The summed E-state index contributed by atoms with van der Waals surface area (Å²) in [5.74, 6) is 0.349. The molecule has 4 rings (SSSR count). The summed E-state index contributed by atoms with van der Waals surface area (Å²) in [5, 5.41) is 3.56. The summed E-state index contributed by atoms with van der Waals surface area (Å²) in [5.41, 5.74) is 0.859. The highest BCUT2D eigenvalue weighted by Gasteiger charge is 2.39. The highest BCUT2D eigenvalue weighted by molar-refractivity contribution is 7.92. The van der Waals surface area contributed by atoms with Crippen molar-refractivity contribution in [2.45, 2.75) is 49.6 Å². The van der Waals surface area contributed by atoms with Crippen LogP contribution in [0.15, 0.2) is 83.8 Å². The minimum Gasteiger partial charge on any atom is -0.487 e. The number of hydrogen-bond acceptors (Lipinski definition) is 4. The number of hydrogen-bond donors (Lipinski definition) is 1. The number of ether oxygens (including phenoxy) is 1. The third kappa shape index (κ3) is 5.31. The molecule has 3 aromatic carbocycles. The van der Waals surface area contributed by atoms with E-state index in [0.29, 0.717) is 17.1 Å². The first-order valence-electron chi connectivity index (χ1n) is 11.7. The first-order chi connectivity index (χ1) is 16.8. The number of para-hydroxylation sites is 1. The Labute approximate surface area is 211 Å². The van der Waals surface area contributed by atoms with Crippen molar-refractivity contribution in [2.75, 3.05) is 10.8 Å².